The molecule has 0 N–H and O–H groups in total. The second kappa shape index (κ2) is 12.8. The molecule has 0 atom stereocenters. The number of benzene rings is 1. The van der Waals surface area contributed by atoms with Crippen molar-refractivity contribution in [2.24, 2.45) is 0 Å². The van der Waals surface area contributed by atoms with E-state index in [1.165, 1.54) is 18.2 Å². The van der Waals surface area contributed by atoms with Gasteiger partial charge in [-0.05, 0) is 76.0 Å². The second-order valence-electron chi connectivity index (χ2n) is 5.02. The third-order valence-corrected chi connectivity index (χ3v) is 3.65. The molecular formula is C19H13BCl2F2FeO2+2. The Kier molecular flexibility index (Phi) is 11.6. The van der Waals surface area contributed by atoms with Crippen LogP contribution in [0.4, 0.5) is 8.63 Å². The second-order valence-corrected chi connectivity index (χ2v) is 5.86. The van der Waals surface area contributed by atoms with Crippen LogP contribution in [0.2, 0.25) is 10.0 Å². The number of hydrogen-bond donors (Lipinski definition) is 0. The van der Waals surface area contributed by atoms with E-state index >= 15 is 0 Å². The first-order valence-corrected chi connectivity index (χ1v) is 8.27. The van der Waals surface area contributed by atoms with Gasteiger partial charge in [-0.2, -0.15) is 0 Å². The predicted octanol–water partition coefficient (Wildman–Crippen LogP) is 5.46. The Labute approximate surface area is 180 Å². The van der Waals surface area contributed by atoms with Gasteiger partial charge in [0.1, 0.15) is 5.75 Å². The van der Waals surface area contributed by atoms with Crippen LogP contribution in [0.5, 0.6) is 5.75 Å². The number of rotatable bonds is 5. The third kappa shape index (κ3) is 8.56. The summed E-state index contributed by atoms with van der Waals surface area (Å²) in [7, 11) is -3.09. The first-order valence-electron chi connectivity index (χ1n) is 7.52. The fourth-order valence-corrected chi connectivity index (χ4v) is 2.57. The minimum absolute atomic E-state index is 0. The van der Waals surface area contributed by atoms with Crippen molar-refractivity contribution < 1.29 is 35.1 Å². The van der Waals surface area contributed by atoms with Crippen LogP contribution in [0, 0.1) is 63.7 Å². The molecule has 0 bridgehead atoms. The molecule has 0 saturated heterocycles. The number of halogens is 4. The van der Waals surface area contributed by atoms with E-state index in [1.54, 1.807) is 18.9 Å². The minimum Gasteiger partial charge on any atom is -0.503 e. The standard InChI is InChI=1S/C14H8BCl2F2O2.C5H5.Fe/c16-10-7-11(14(12(17)8-10)21-15(18)19)13(20)6-5-9-3-1-2-4-9;1-2-4-5-3-1;/h1-8H;1-5H;/q;;+2/b6-5+;;. The van der Waals surface area contributed by atoms with Crippen molar-refractivity contribution in [3.63, 3.8) is 0 Å². The van der Waals surface area contributed by atoms with Gasteiger partial charge in [-0.1, -0.05) is 29.3 Å². The van der Waals surface area contributed by atoms with Crippen molar-refractivity contribution in [1.82, 2.24) is 0 Å². The average molecular weight is 449 g/mol. The molecular weight excluding hydrogens is 436 g/mol. The number of carbonyl (C=O) groups excluding carboxylic acids is 1. The van der Waals surface area contributed by atoms with Gasteiger partial charge in [0.25, 0.3) is 0 Å². The van der Waals surface area contributed by atoms with Gasteiger partial charge in [-0.25, -0.2) is 8.63 Å². The topological polar surface area (TPSA) is 26.3 Å². The maximum Gasteiger partial charge on any atom is 2.00 e. The summed E-state index contributed by atoms with van der Waals surface area (Å²) in [5, 5.41) is 0.0135. The number of hydrogen-bond acceptors (Lipinski definition) is 2. The van der Waals surface area contributed by atoms with Crippen LogP contribution in [0.3, 0.4) is 0 Å². The van der Waals surface area contributed by atoms with Crippen LogP contribution in [0.1, 0.15) is 10.4 Å². The Balaban J connectivity index is 0.000000526. The normalized spacial score (nSPS) is 16.6. The van der Waals surface area contributed by atoms with Crippen LogP contribution in [0.15, 0.2) is 24.3 Å². The summed E-state index contributed by atoms with van der Waals surface area (Å²) in [5.41, 5.74) is -0.115. The summed E-state index contributed by atoms with van der Waals surface area (Å²) in [6.45, 7) is 0. The Morgan fingerprint density at radius 3 is 2.04 bits per heavy atom. The SMILES string of the molecule is O=C(/C=C/[C]1[CH][CH][CH][CH]1)c1cc(Cl)cc(Cl)c1OB(F)F.[CH]1[CH][CH][CH][CH]1.[Fe+2]. The van der Waals surface area contributed by atoms with Crippen molar-refractivity contribution in [3.8, 4) is 5.75 Å². The summed E-state index contributed by atoms with van der Waals surface area (Å²) in [5.74, 6) is -0.0997. The molecule has 27 heavy (non-hydrogen) atoms. The van der Waals surface area contributed by atoms with E-state index < -0.39 is 13.3 Å². The maximum atomic E-state index is 12.4. The molecule has 8 heteroatoms. The van der Waals surface area contributed by atoms with E-state index in [4.69, 9.17) is 23.2 Å². The molecule has 1 aromatic carbocycles. The van der Waals surface area contributed by atoms with Crippen LogP contribution in [0.25, 0.3) is 0 Å². The summed E-state index contributed by atoms with van der Waals surface area (Å²) >= 11 is 11.6. The van der Waals surface area contributed by atoms with E-state index in [0.29, 0.717) is 0 Å². The Morgan fingerprint density at radius 1 is 0.963 bits per heavy atom. The summed E-state index contributed by atoms with van der Waals surface area (Å²) in [6.07, 6.45) is 20.0. The van der Waals surface area contributed by atoms with Crippen LogP contribution in [-0.2, 0) is 17.1 Å². The molecule has 0 aliphatic heterocycles. The van der Waals surface area contributed by atoms with E-state index in [2.05, 4.69) is 4.65 Å². The first kappa shape index (κ1) is 24.5. The van der Waals surface area contributed by atoms with E-state index in [-0.39, 0.29) is 38.4 Å². The maximum absolute atomic E-state index is 12.4. The van der Waals surface area contributed by atoms with Crippen LogP contribution >= 0.6 is 23.2 Å². The van der Waals surface area contributed by atoms with Gasteiger partial charge in [-0.3, -0.25) is 4.79 Å². The summed E-state index contributed by atoms with van der Waals surface area (Å²) in [6, 6.07) is 2.47. The third-order valence-electron chi connectivity index (χ3n) is 3.15. The number of carbonyl (C=O) groups is 1. The van der Waals surface area contributed by atoms with Gasteiger partial charge in [0.05, 0.1) is 10.6 Å². The Hall–Kier alpha value is -0.546. The predicted molar refractivity (Wildman–Crippen MR) is 100 cm³/mol. The zero-order valence-corrected chi connectivity index (χ0v) is 16.4. The molecule has 10 radical (unpaired) electrons. The van der Waals surface area contributed by atoms with Crippen molar-refractivity contribution >= 4 is 36.5 Å². The molecule has 138 valence electrons. The molecule has 0 aromatic heterocycles. The molecule has 0 amide bonds. The average Bonchev–Trinajstić information content (AvgIpc) is 3.30. The molecule has 0 spiro atoms. The van der Waals surface area contributed by atoms with Crippen molar-refractivity contribution in [1.29, 1.82) is 0 Å². The Morgan fingerprint density at radius 2 is 1.52 bits per heavy atom. The molecule has 3 rings (SSSR count). The minimum atomic E-state index is -3.09. The first-order chi connectivity index (χ1) is 12.5. The van der Waals surface area contributed by atoms with Gasteiger partial charge < -0.3 is 4.65 Å². The molecule has 2 nitrogen and oxygen atoms in total. The molecule has 1 aromatic rings. The zero-order valence-electron chi connectivity index (χ0n) is 13.8. The van der Waals surface area contributed by atoms with Gasteiger partial charge in [0.2, 0.25) is 0 Å². The van der Waals surface area contributed by atoms with Gasteiger partial charge in [0, 0.05) is 10.9 Å². The molecule has 2 fully saturated rings. The molecule has 0 heterocycles. The fraction of sp³-hybridized carbons (Fsp3) is 0. The smallest absolute Gasteiger partial charge is 0.503 e. The van der Waals surface area contributed by atoms with Crippen molar-refractivity contribution in [3.05, 3.63) is 104 Å². The molecule has 2 saturated carbocycles. The van der Waals surface area contributed by atoms with Crippen LogP contribution in [-0.4, -0.2) is 13.3 Å². The molecule has 0 unspecified atom stereocenters. The van der Waals surface area contributed by atoms with Gasteiger partial charge in [0.15, 0.2) is 5.78 Å². The number of allylic oxidation sites excluding steroid dienone is 2. The van der Waals surface area contributed by atoms with E-state index in [1.807, 2.05) is 44.9 Å². The molecule has 2 aliphatic carbocycles. The fourth-order valence-electron chi connectivity index (χ4n) is 2.03. The largest absolute Gasteiger partial charge is 2.00 e. The number of ketones is 1. The Bertz CT molecular complexity index is 627. The summed E-state index contributed by atoms with van der Waals surface area (Å²) in [4.78, 5) is 12.1. The quantitative estimate of drug-likeness (QED) is 0.340. The van der Waals surface area contributed by atoms with E-state index in [9.17, 15) is 13.4 Å². The van der Waals surface area contributed by atoms with Crippen molar-refractivity contribution in [2.75, 3.05) is 0 Å². The van der Waals surface area contributed by atoms with Crippen molar-refractivity contribution in [2.45, 2.75) is 0 Å². The zero-order chi connectivity index (χ0) is 18.9. The van der Waals surface area contributed by atoms with Crippen LogP contribution < -0.4 is 4.65 Å². The van der Waals surface area contributed by atoms with E-state index in [0.717, 1.165) is 5.92 Å². The van der Waals surface area contributed by atoms with Gasteiger partial charge >= 0.3 is 24.5 Å². The monoisotopic (exact) mass is 448 g/mol. The summed E-state index contributed by atoms with van der Waals surface area (Å²) < 4.78 is 29.1. The molecule has 2 aliphatic rings. The van der Waals surface area contributed by atoms with Gasteiger partial charge in [-0.15, -0.1) is 0 Å².